The van der Waals surface area contributed by atoms with Crippen molar-refractivity contribution in [3.8, 4) is 0 Å². The summed E-state index contributed by atoms with van der Waals surface area (Å²) < 4.78 is 0. The number of aliphatic hydroxyl groups excluding tert-OH is 1. The molecule has 1 N–H and O–H groups in total. The van der Waals surface area contributed by atoms with E-state index in [2.05, 4.69) is 42.2 Å². The van der Waals surface area contributed by atoms with Crippen LogP contribution in [0.15, 0.2) is 30.3 Å². The van der Waals surface area contributed by atoms with Crippen LogP contribution in [0.4, 0.5) is 0 Å². The quantitative estimate of drug-likeness (QED) is 0.846. The van der Waals surface area contributed by atoms with Crippen LogP contribution in [0.3, 0.4) is 0 Å². The Kier molecular flexibility index (Phi) is 5.76. The van der Waals surface area contributed by atoms with Crippen LogP contribution in [0.25, 0.3) is 0 Å². The van der Waals surface area contributed by atoms with Gasteiger partial charge in [-0.2, -0.15) is 0 Å². The van der Waals surface area contributed by atoms with Crippen molar-refractivity contribution >= 4 is 0 Å². The van der Waals surface area contributed by atoms with Crippen LogP contribution in [-0.2, 0) is 6.54 Å². The summed E-state index contributed by atoms with van der Waals surface area (Å²) in [6.45, 7) is 4.52. The SMILES string of the molecule is CCCC[C@H]1[C@H](O)CCC[C@]12CCCCN2Cc1ccccc1. The molecule has 1 aliphatic carbocycles. The molecule has 1 saturated heterocycles. The molecule has 128 valence electrons. The maximum Gasteiger partial charge on any atom is 0.0586 e. The van der Waals surface area contributed by atoms with Crippen LogP contribution < -0.4 is 0 Å². The molecule has 1 spiro atoms. The number of aliphatic hydroxyl groups is 1. The van der Waals surface area contributed by atoms with Gasteiger partial charge < -0.3 is 5.11 Å². The Balaban J connectivity index is 1.83. The van der Waals surface area contributed by atoms with Gasteiger partial charge in [-0.05, 0) is 50.6 Å². The van der Waals surface area contributed by atoms with Crippen molar-refractivity contribution in [1.82, 2.24) is 4.90 Å². The maximum atomic E-state index is 10.8. The summed E-state index contributed by atoms with van der Waals surface area (Å²) in [7, 11) is 0. The van der Waals surface area contributed by atoms with Crippen molar-refractivity contribution in [2.45, 2.75) is 82.9 Å². The van der Waals surface area contributed by atoms with Crippen molar-refractivity contribution in [2.24, 2.45) is 5.92 Å². The van der Waals surface area contributed by atoms with Gasteiger partial charge >= 0.3 is 0 Å². The monoisotopic (exact) mass is 315 g/mol. The second-order valence-corrected chi connectivity index (χ2v) is 7.68. The zero-order valence-electron chi connectivity index (χ0n) is 14.7. The van der Waals surface area contributed by atoms with E-state index in [1.807, 2.05) is 0 Å². The number of hydrogen-bond acceptors (Lipinski definition) is 2. The van der Waals surface area contributed by atoms with E-state index in [1.165, 1.54) is 63.5 Å². The Morgan fingerprint density at radius 1 is 1.13 bits per heavy atom. The first-order valence-corrected chi connectivity index (χ1v) is 9.73. The van der Waals surface area contributed by atoms with Gasteiger partial charge in [0.25, 0.3) is 0 Å². The van der Waals surface area contributed by atoms with Gasteiger partial charge in [0.2, 0.25) is 0 Å². The number of unbranched alkanes of at least 4 members (excludes halogenated alkanes) is 1. The lowest BCUT2D eigenvalue weighted by atomic mass is 9.64. The van der Waals surface area contributed by atoms with Gasteiger partial charge in [0, 0.05) is 18.0 Å². The highest BCUT2D eigenvalue weighted by molar-refractivity contribution is 5.16. The fourth-order valence-electron chi connectivity index (χ4n) is 5.10. The predicted molar refractivity (Wildman–Crippen MR) is 96.3 cm³/mol. The molecule has 0 radical (unpaired) electrons. The molecule has 2 aliphatic rings. The van der Waals surface area contributed by atoms with Gasteiger partial charge in [-0.3, -0.25) is 4.90 Å². The third-order valence-electron chi connectivity index (χ3n) is 6.27. The Labute approximate surface area is 141 Å². The second kappa shape index (κ2) is 7.81. The van der Waals surface area contributed by atoms with Crippen molar-refractivity contribution in [3.63, 3.8) is 0 Å². The minimum absolute atomic E-state index is 0.0910. The van der Waals surface area contributed by atoms with E-state index in [0.29, 0.717) is 5.92 Å². The number of likely N-dealkylation sites (tertiary alicyclic amines) is 1. The van der Waals surface area contributed by atoms with Crippen molar-refractivity contribution in [3.05, 3.63) is 35.9 Å². The molecule has 3 atom stereocenters. The molecule has 23 heavy (non-hydrogen) atoms. The van der Waals surface area contributed by atoms with Crippen molar-refractivity contribution in [2.75, 3.05) is 6.54 Å². The van der Waals surface area contributed by atoms with Crippen LogP contribution >= 0.6 is 0 Å². The van der Waals surface area contributed by atoms with Gasteiger partial charge in [-0.25, -0.2) is 0 Å². The first-order valence-electron chi connectivity index (χ1n) is 9.73. The van der Waals surface area contributed by atoms with Crippen molar-refractivity contribution < 1.29 is 5.11 Å². The standard InChI is InChI=1S/C21H33NO/c1-2-3-12-19-20(23)13-9-15-21(19)14-7-8-16-22(21)17-18-10-5-4-6-11-18/h4-6,10-11,19-20,23H,2-3,7-9,12-17H2,1H3/t19-,20+,21+/m0/s1. The average molecular weight is 316 g/mol. The fraction of sp³-hybridized carbons (Fsp3) is 0.714. The Hall–Kier alpha value is -0.860. The summed E-state index contributed by atoms with van der Waals surface area (Å²) in [5.74, 6) is 0.472. The summed E-state index contributed by atoms with van der Waals surface area (Å²) >= 11 is 0. The van der Waals surface area contributed by atoms with Crippen LogP contribution in [-0.4, -0.2) is 28.2 Å². The van der Waals surface area contributed by atoms with Gasteiger partial charge in [0.1, 0.15) is 0 Å². The third-order valence-corrected chi connectivity index (χ3v) is 6.27. The van der Waals surface area contributed by atoms with E-state index >= 15 is 0 Å². The number of rotatable bonds is 5. The molecule has 0 aromatic heterocycles. The number of hydrogen-bond donors (Lipinski definition) is 1. The largest absolute Gasteiger partial charge is 0.393 e. The number of benzene rings is 1. The normalized spacial score (nSPS) is 32.3. The van der Waals surface area contributed by atoms with E-state index in [-0.39, 0.29) is 11.6 Å². The highest BCUT2D eigenvalue weighted by Gasteiger charge is 2.49. The predicted octanol–water partition coefficient (Wildman–Crippen LogP) is 4.76. The molecule has 2 heteroatoms. The highest BCUT2D eigenvalue weighted by atomic mass is 16.3. The highest BCUT2D eigenvalue weighted by Crippen LogP contribution is 2.47. The molecule has 1 aromatic rings. The summed E-state index contributed by atoms with van der Waals surface area (Å²) in [4.78, 5) is 2.74. The third kappa shape index (κ3) is 3.64. The van der Waals surface area contributed by atoms with Crippen LogP contribution in [0.2, 0.25) is 0 Å². The Morgan fingerprint density at radius 3 is 2.70 bits per heavy atom. The lowest BCUT2D eigenvalue weighted by Crippen LogP contribution is -2.60. The van der Waals surface area contributed by atoms with E-state index in [1.54, 1.807) is 0 Å². The summed E-state index contributed by atoms with van der Waals surface area (Å²) in [6.07, 6.45) is 11.0. The molecule has 0 amide bonds. The smallest absolute Gasteiger partial charge is 0.0586 e. The van der Waals surface area contributed by atoms with E-state index < -0.39 is 0 Å². The van der Waals surface area contributed by atoms with Gasteiger partial charge in [0.15, 0.2) is 0 Å². The topological polar surface area (TPSA) is 23.5 Å². The van der Waals surface area contributed by atoms with Gasteiger partial charge in [0.05, 0.1) is 6.10 Å². The zero-order valence-corrected chi connectivity index (χ0v) is 14.7. The van der Waals surface area contributed by atoms with Gasteiger partial charge in [-0.15, -0.1) is 0 Å². The molecule has 2 fully saturated rings. The number of piperidine rings is 1. The van der Waals surface area contributed by atoms with Crippen LogP contribution in [0.1, 0.15) is 70.3 Å². The molecule has 3 rings (SSSR count). The lowest BCUT2D eigenvalue weighted by molar-refractivity contribution is -0.0933. The average Bonchev–Trinajstić information content (AvgIpc) is 2.58. The van der Waals surface area contributed by atoms with Crippen LogP contribution in [0.5, 0.6) is 0 Å². The molecule has 1 aliphatic heterocycles. The molecule has 0 unspecified atom stereocenters. The first kappa shape index (κ1) is 17.0. The first-order chi connectivity index (χ1) is 11.3. The molecular weight excluding hydrogens is 282 g/mol. The molecule has 1 aromatic carbocycles. The molecule has 0 bridgehead atoms. The molecule has 1 heterocycles. The molecule has 1 saturated carbocycles. The molecular formula is C21H33NO. The molecule has 2 nitrogen and oxygen atoms in total. The minimum atomic E-state index is -0.0910. The maximum absolute atomic E-state index is 10.8. The van der Waals surface area contributed by atoms with Gasteiger partial charge in [-0.1, -0.05) is 56.5 Å². The summed E-state index contributed by atoms with van der Waals surface area (Å²) in [5.41, 5.74) is 1.67. The Bertz CT molecular complexity index is 470. The van der Waals surface area contributed by atoms with Crippen LogP contribution in [0, 0.1) is 5.92 Å². The summed E-state index contributed by atoms with van der Waals surface area (Å²) in [5, 5.41) is 10.8. The summed E-state index contributed by atoms with van der Waals surface area (Å²) in [6, 6.07) is 10.9. The lowest BCUT2D eigenvalue weighted by Gasteiger charge is -2.56. The number of nitrogens with zero attached hydrogens (tertiary/aromatic N) is 1. The second-order valence-electron chi connectivity index (χ2n) is 7.68. The van der Waals surface area contributed by atoms with E-state index in [4.69, 9.17) is 0 Å². The zero-order chi connectivity index (χ0) is 16.1. The van der Waals surface area contributed by atoms with Crippen molar-refractivity contribution in [1.29, 1.82) is 0 Å². The van der Waals surface area contributed by atoms with E-state index in [9.17, 15) is 5.11 Å². The Morgan fingerprint density at radius 2 is 1.91 bits per heavy atom. The minimum Gasteiger partial charge on any atom is -0.393 e. The van der Waals surface area contributed by atoms with E-state index in [0.717, 1.165) is 13.0 Å². The fourth-order valence-corrected chi connectivity index (χ4v) is 5.10.